The van der Waals surface area contributed by atoms with E-state index in [0.29, 0.717) is 31.5 Å². The number of aromatic nitrogens is 1. The van der Waals surface area contributed by atoms with Crippen molar-refractivity contribution >= 4 is 35.0 Å². The minimum atomic E-state index is -0.126. The molecule has 1 aliphatic rings. The van der Waals surface area contributed by atoms with Gasteiger partial charge in [-0.25, -0.2) is 4.98 Å². The van der Waals surface area contributed by atoms with Gasteiger partial charge < -0.3 is 9.80 Å². The molecule has 7 heteroatoms. The molecule has 1 saturated heterocycles. The summed E-state index contributed by atoms with van der Waals surface area (Å²) in [5, 5.41) is 0.397. The van der Waals surface area contributed by atoms with Gasteiger partial charge in [-0.2, -0.15) is 0 Å². The molecule has 1 aliphatic heterocycles. The lowest BCUT2D eigenvalue weighted by Crippen LogP contribution is -2.45. The monoisotopic (exact) mass is 357 g/mol. The molecular weight excluding hydrogens is 337 g/mol. The van der Waals surface area contributed by atoms with Crippen LogP contribution in [-0.4, -0.2) is 52.8 Å². The second kappa shape index (κ2) is 7.49. The van der Waals surface area contributed by atoms with Crippen molar-refractivity contribution in [3.8, 4) is 0 Å². The summed E-state index contributed by atoms with van der Waals surface area (Å²) in [6, 6.07) is 3.21. The largest absolute Gasteiger partial charge is 0.343 e. The van der Waals surface area contributed by atoms with E-state index in [9.17, 15) is 9.59 Å². The summed E-state index contributed by atoms with van der Waals surface area (Å²) in [6.07, 6.45) is 1.35. The third kappa shape index (κ3) is 4.36. The molecule has 2 rings (SSSR count). The van der Waals surface area contributed by atoms with Crippen LogP contribution in [0.25, 0.3) is 0 Å². The van der Waals surface area contributed by atoms with Gasteiger partial charge in [-0.1, -0.05) is 23.2 Å². The zero-order valence-corrected chi connectivity index (χ0v) is 15.1. The lowest BCUT2D eigenvalue weighted by atomic mass is 9.94. The smallest absolute Gasteiger partial charge is 0.254 e. The Hall–Kier alpha value is -1.33. The van der Waals surface area contributed by atoms with Gasteiger partial charge in [0.25, 0.3) is 5.91 Å². The Bertz CT molecular complexity index is 579. The van der Waals surface area contributed by atoms with E-state index in [2.05, 4.69) is 4.98 Å². The second-order valence-corrected chi connectivity index (χ2v) is 6.89. The Balaban J connectivity index is 1.98. The molecule has 126 valence electrons. The molecular formula is C16H21Cl2N3O2. The highest BCUT2D eigenvalue weighted by Gasteiger charge is 2.30. The zero-order valence-electron chi connectivity index (χ0n) is 13.6. The Morgan fingerprint density at radius 1 is 1.22 bits per heavy atom. The summed E-state index contributed by atoms with van der Waals surface area (Å²) in [7, 11) is 1.82. The maximum absolute atomic E-state index is 12.5. The molecule has 0 saturated carbocycles. The highest BCUT2D eigenvalue weighted by Crippen LogP contribution is 2.23. The van der Waals surface area contributed by atoms with Gasteiger partial charge in [0, 0.05) is 37.7 Å². The molecule has 0 spiro atoms. The molecule has 23 heavy (non-hydrogen) atoms. The highest BCUT2D eigenvalue weighted by molar-refractivity contribution is 6.33. The van der Waals surface area contributed by atoms with Crippen LogP contribution in [0.4, 0.5) is 0 Å². The molecule has 0 N–H and O–H groups in total. The number of piperidine rings is 1. The SMILES string of the molecule is CC(C)N(C)C(=O)C1CCN(C(=O)c2cc(Cl)nc(Cl)c2)CC1. The minimum Gasteiger partial charge on any atom is -0.343 e. The van der Waals surface area contributed by atoms with Crippen LogP contribution in [0.3, 0.4) is 0 Å². The van der Waals surface area contributed by atoms with E-state index in [4.69, 9.17) is 23.2 Å². The first-order chi connectivity index (χ1) is 10.8. The number of carbonyl (C=O) groups excluding carboxylic acids is 2. The summed E-state index contributed by atoms with van der Waals surface area (Å²) in [6.45, 7) is 5.10. The van der Waals surface area contributed by atoms with Gasteiger partial charge in [-0.3, -0.25) is 9.59 Å². The predicted molar refractivity (Wildman–Crippen MR) is 90.8 cm³/mol. The predicted octanol–water partition coefficient (Wildman–Crippen LogP) is 3.11. The van der Waals surface area contributed by atoms with E-state index in [0.717, 1.165) is 0 Å². The van der Waals surface area contributed by atoms with Crippen LogP contribution < -0.4 is 0 Å². The van der Waals surface area contributed by atoms with E-state index in [1.54, 1.807) is 9.80 Å². The summed E-state index contributed by atoms with van der Waals surface area (Å²) in [5.74, 6) is 0.0116. The van der Waals surface area contributed by atoms with Crippen LogP contribution in [0.5, 0.6) is 0 Å². The van der Waals surface area contributed by atoms with Gasteiger partial charge in [0.15, 0.2) is 0 Å². The second-order valence-electron chi connectivity index (χ2n) is 6.11. The fraction of sp³-hybridized carbons (Fsp3) is 0.562. The Labute approximate surface area is 146 Å². The lowest BCUT2D eigenvalue weighted by Gasteiger charge is -2.34. The van der Waals surface area contributed by atoms with Crippen LogP contribution in [0, 0.1) is 5.92 Å². The summed E-state index contributed by atoms with van der Waals surface area (Å²) in [4.78, 5) is 32.2. The van der Waals surface area contributed by atoms with Gasteiger partial charge in [-0.15, -0.1) is 0 Å². The van der Waals surface area contributed by atoms with Crippen LogP contribution in [-0.2, 0) is 4.79 Å². The quantitative estimate of drug-likeness (QED) is 0.781. The van der Waals surface area contributed by atoms with Crippen molar-refractivity contribution < 1.29 is 9.59 Å². The van der Waals surface area contributed by atoms with Crippen molar-refractivity contribution in [2.75, 3.05) is 20.1 Å². The minimum absolute atomic E-state index is 0.0175. The molecule has 2 heterocycles. The maximum atomic E-state index is 12.5. The molecule has 0 atom stereocenters. The number of rotatable bonds is 3. The molecule has 0 unspecified atom stereocenters. The molecule has 1 aromatic rings. The normalized spacial score (nSPS) is 15.8. The molecule has 0 aromatic carbocycles. The Morgan fingerprint density at radius 2 is 1.74 bits per heavy atom. The van der Waals surface area contributed by atoms with E-state index in [1.807, 2.05) is 20.9 Å². The molecule has 1 aromatic heterocycles. The van der Waals surface area contributed by atoms with Crippen molar-refractivity contribution in [2.45, 2.75) is 32.7 Å². The number of hydrogen-bond acceptors (Lipinski definition) is 3. The number of likely N-dealkylation sites (tertiary alicyclic amines) is 1. The summed E-state index contributed by atoms with van der Waals surface area (Å²) >= 11 is 11.7. The third-order valence-electron chi connectivity index (χ3n) is 4.26. The van der Waals surface area contributed by atoms with Gasteiger partial charge in [-0.05, 0) is 38.8 Å². The number of halogens is 2. The molecule has 2 amide bonds. The van der Waals surface area contributed by atoms with E-state index >= 15 is 0 Å². The van der Waals surface area contributed by atoms with Gasteiger partial charge in [0.1, 0.15) is 10.3 Å². The average Bonchev–Trinajstić information content (AvgIpc) is 2.52. The molecule has 0 bridgehead atoms. The van der Waals surface area contributed by atoms with Crippen LogP contribution in [0.1, 0.15) is 37.0 Å². The maximum Gasteiger partial charge on any atom is 0.254 e. The standard InChI is InChI=1S/C16H21Cl2N3O2/c1-10(2)20(3)15(22)11-4-6-21(7-5-11)16(23)12-8-13(17)19-14(18)9-12/h8-11H,4-7H2,1-3H3. The van der Waals surface area contributed by atoms with Crippen LogP contribution in [0.15, 0.2) is 12.1 Å². The first-order valence-electron chi connectivity index (χ1n) is 7.68. The Morgan fingerprint density at radius 3 is 2.22 bits per heavy atom. The fourth-order valence-corrected chi connectivity index (χ4v) is 3.10. The van der Waals surface area contributed by atoms with Crippen molar-refractivity contribution in [1.82, 2.24) is 14.8 Å². The molecule has 0 aliphatic carbocycles. The number of nitrogens with zero attached hydrogens (tertiary/aromatic N) is 3. The van der Waals surface area contributed by atoms with Crippen molar-refractivity contribution in [2.24, 2.45) is 5.92 Å². The van der Waals surface area contributed by atoms with Gasteiger partial charge in [0.05, 0.1) is 0 Å². The van der Waals surface area contributed by atoms with Crippen LogP contribution >= 0.6 is 23.2 Å². The topological polar surface area (TPSA) is 53.5 Å². The molecule has 5 nitrogen and oxygen atoms in total. The van der Waals surface area contributed by atoms with Crippen LogP contribution in [0.2, 0.25) is 10.3 Å². The summed E-state index contributed by atoms with van der Waals surface area (Å²) in [5.41, 5.74) is 0.430. The summed E-state index contributed by atoms with van der Waals surface area (Å²) < 4.78 is 0. The number of amides is 2. The average molecular weight is 358 g/mol. The number of pyridine rings is 1. The molecule has 1 fully saturated rings. The van der Waals surface area contributed by atoms with Crippen molar-refractivity contribution in [3.63, 3.8) is 0 Å². The first-order valence-corrected chi connectivity index (χ1v) is 8.44. The number of hydrogen-bond donors (Lipinski definition) is 0. The Kier molecular flexibility index (Phi) is 5.87. The van der Waals surface area contributed by atoms with Gasteiger partial charge >= 0.3 is 0 Å². The lowest BCUT2D eigenvalue weighted by molar-refractivity contribution is -0.137. The van der Waals surface area contributed by atoms with Gasteiger partial charge in [0.2, 0.25) is 5.91 Å². The van der Waals surface area contributed by atoms with E-state index < -0.39 is 0 Å². The van der Waals surface area contributed by atoms with E-state index in [-0.39, 0.29) is 34.1 Å². The van der Waals surface area contributed by atoms with Crippen molar-refractivity contribution in [3.05, 3.63) is 28.0 Å². The third-order valence-corrected chi connectivity index (χ3v) is 4.65. The number of carbonyl (C=O) groups is 2. The fourth-order valence-electron chi connectivity index (χ4n) is 2.64. The molecule has 0 radical (unpaired) electrons. The van der Waals surface area contributed by atoms with Crippen molar-refractivity contribution in [1.29, 1.82) is 0 Å². The highest BCUT2D eigenvalue weighted by atomic mass is 35.5. The zero-order chi connectivity index (χ0) is 17.1. The first kappa shape index (κ1) is 18.0. The van der Waals surface area contributed by atoms with E-state index in [1.165, 1.54) is 12.1 Å².